The van der Waals surface area contributed by atoms with Crippen LogP contribution >= 0.6 is 15.4 Å². The second kappa shape index (κ2) is 12.5. The van der Waals surface area contributed by atoms with E-state index in [2.05, 4.69) is 19.5 Å². The molecule has 0 aromatic carbocycles. The lowest BCUT2D eigenvalue weighted by Gasteiger charge is -2.37. The highest BCUT2D eigenvalue weighted by atomic mass is 31.2. The highest BCUT2D eigenvalue weighted by Gasteiger charge is 2.56. The van der Waals surface area contributed by atoms with Gasteiger partial charge in [-0.05, 0) is 12.8 Å². The van der Waals surface area contributed by atoms with Crippen LogP contribution in [0.15, 0.2) is 24.4 Å². The number of fused-ring (bicyclic) bond motifs is 1. The average Bonchev–Trinajstić information content (AvgIpc) is 3.61. The first-order chi connectivity index (χ1) is 21.0. The zero-order chi connectivity index (χ0) is 33.0. The van der Waals surface area contributed by atoms with Crippen LogP contribution < -0.4 is 16.4 Å². The number of primary amides is 1. The Bertz CT molecular complexity index is 1560. The molecule has 2 aromatic heterocycles. The van der Waals surface area contributed by atoms with Crippen molar-refractivity contribution < 1.29 is 72.7 Å². The SMILES string of the molecule is NC(=O)C1=CN(C2OC(C(OP(=O)([O-])O)P(=O)(O)OCC3OC(n4cnc5c(N)ncnc54)C(O)C3O)C(O)C2O)C(O)CC1. The molecule has 12 atom stereocenters. The molecule has 22 nitrogen and oxygen atoms in total. The first-order valence-electron chi connectivity index (χ1n) is 13.1. The molecule has 250 valence electrons. The van der Waals surface area contributed by atoms with Gasteiger partial charge >= 0.3 is 7.60 Å². The molecular weight excluding hydrogens is 652 g/mol. The van der Waals surface area contributed by atoms with E-state index in [4.69, 9.17) is 25.5 Å². The number of aliphatic hydroxyl groups is 5. The monoisotopic (exact) mass is 682 g/mol. The van der Waals surface area contributed by atoms with Gasteiger partial charge in [0.15, 0.2) is 29.8 Å². The summed E-state index contributed by atoms with van der Waals surface area (Å²) in [6.45, 7) is -0.995. The number of carbonyl (C=O) groups excluding carboxylic acids is 1. The standard InChI is InChI=1S/C21H31N7O15P2/c22-16-10-18(25-5-24-16)28(6-26-10)20-13(32)11(30)8(41-20)4-40-44(35,36)21(43-45(37,38)39)15-12(31)14(33)19(42-15)27-3-7(17(23)34)1-2-9(27)29/h3,5-6,8-9,11-15,19-21,29-33H,1-2,4H2,(H2,23,34)(H,35,36)(H2,22,24,25)(H2,37,38,39)/p-1. The summed E-state index contributed by atoms with van der Waals surface area (Å²) in [5, 5.41) is 53.0. The van der Waals surface area contributed by atoms with Crippen LogP contribution in [0.25, 0.3) is 11.2 Å². The normalized spacial score (nSPS) is 35.6. The number of hydrogen-bond acceptors (Lipinski definition) is 18. The van der Waals surface area contributed by atoms with E-state index in [1.54, 1.807) is 0 Å². The third kappa shape index (κ3) is 6.62. The number of phosphoric acid groups is 1. The molecule has 2 fully saturated rings. The molecule has 1 amide bonds. The number of hydrogen-bond donors (Lipinski definition) is 9. The number of ether oxygens (including phenoxy) is 2. The fraction of sp³-hybridized carbons (Fsp3) is 0.619. The first-order valence-corrected chi connectivity index (χ1v) is 16.3. The summed E-state index contributed by atoms with van der Waals surface area (Å²) in [6.07, 6.45) is -12.5. The Kier molecular flexibility index (Phi) is 9.37. The molecule has 0 saturated carbocycles. The van der Waals surface area contributed by atoms with Crippen LogP contribution in [-0.4, -0.2) is 127 Å². The Hall–Kier alpha value is -2.66. The maximum absolute atomic E-state index is 13.4. The lowest BCUT2D eigenvalue weighted by atomic mass is 10.0. The number of aliphatic hydroxyl groups excluding tert-OH is 5. The molecule has 0 spiro atoms. The molecule has 2 aromatic rings. The van der Waals surface area contributed by atoms with Gasteiger partial charge in [-0.15, -0.1) is 0 Å². The van der Waals surface area contributed by atoms with Crippen LogP contribution in [0.4, 0.5) is 5.82 Å². The van der Waals surface area contributed by atoms with Gasteiger partial charge in [-0.2, -0.15) is 0 Å². The second-order valence-electron chi connectivity index (χ2n) is 10.4. The molecular formula is C21H30N7O15P2-. The predicted molar refractivity (Wildman–Crippen MR) is 141 cm³/mol. The van der Waals surface area contributed by atoms with Crippen molar-refractivity contribution in [1.29, 1.82) is 0 Å². The minimum atomic E-state index is -5.87. The lowest BCUT2D eigenvalue weighted by Crippen LogP contribution is -2.48. The number of amides is 1. The molecule has 3 aliphatic rings. The summed E-state index contributed by atoms with van der Waals surface area (Å²) < 4.78 is 46.7. The average molecular weight is 682 g/mol. The Morgan fingerprint density at radius 2 is 1.76 bits per heavy atom. The van der Waals surface area contributed by atoms with Crippen molar-refractivity contribution in [2.75, 3.05) is 12.3 Å². The maximum Gasteiger partial charge on any atom is 0.360 e. The van der Waals surface area contributed by atoms with Crippen LogP contribution in [0.5, 0.6) is 0 Å². The third-order valence-electron chi connectivity index (χ3n) is 7.47. The molecule has 0 bridgehead atoms. The molecule has 12 unspecified atom stereocenters. The fourth-order valence-corrected chi connectivity index (χ4v) is 7.56. The first kappa shape index (κ1) is 33.7. The van der Waals surface area contributed by atoms with Crippen LogP contribution in [0.3, 0.4) is 0 Å². The number of nitrogens with zero attached hydrogens (tertiary/aromatic N) is 5. The third-order valence-corrected chi connectivity index (χ3v) is 9.69. The van der Waals surface area contributed by atoms with Gasteiger partial charge in [-0.3, -0.25) is 23.0 Å². The summed E-state index contributed by atoms with van der Waals surface area (Å²) in [4.78, 5) is 56.2. The number of nitrogens with two attached hydrogens (primary N) is 2. The molecule has 5 rings (SSSR count). The van der Waals surface area contributed by atoms with E-state index in [1.807, 2.05) is 0 Å². The van der Waals surface area contributed by atoms with Crippen LogP contribution in [-0.2, 0) is 32.4 Å². The second-order valence-corrected chi connectivity index (χ2v) is 13.5. The topological polar surface area (TPSA) is 352 Å². The molecule has 2 saturated heterocycles. The zero-order valence-electron chi connectivity index (χ0n) is 22.8. The van der Waals surface area contributed by atoms with Crippen LogP contribution in [0.2, 0.25) is 0 Å². The lowest BCUT2D eigenvalue weighted by molar-refractivity contribution is -0.227. The van der Waals surface area contributed by atoms with Crippen molar-refractivity contribution in [1.82, 2.24) is 24.4 Å². The van der Waals surface area contributed by atoms with Crippen molar-refractivity contribution in [2.45, 2.75) is 74.0 Å². The van der Waals surface area contributed by atoms with Crippen LogP contribution in [0.1, 0.15) is 19.1 Å². The number of imidazole rings is 1. The van der Waals surface area contributed by atoms with E-state index in [1.165, 1.54) is 10.9 Å². The minimum Gasteiger partial charge on any atom is -0.756 e. The largest absolute Gasteiger partial charge is 0.756 e. The van der Waals surface area contributed by atoms with Gasteiger partial charge in [0.2, 0.25) is 5.91 Å². The summed E-state index contributed by atoms with van der Waals surface area (Å²) >= 11 is 0. The van der Waals surface area contributed by atoms with E-state index >= 15 is 0 Å². The van der Waals surface area contributed by atoms with Crippen LogP contribution in [0, 0.1) is 0 Å². The number of carbonyl (C=O) groups is 1. The van der Waals surface area contributed by atoms with E-state index in [-0.39, 0.29) is 35.4 Å². The Labute approximate surface area is 252 Å². The molecule has 3 aliphatic heterocycles. The quantitative estimate of drug-likeness (QED) is 0.106. The number of rotatable bonds is 10. The smallest absolute Gasteiger partial charge is 0.360 e. The zero-order valence-corrected chi connectivity index (χ0v) is 24.6. The van der Waals surface area contributed by atoms with E-state index in [9.17, 15) is 54.1 Å². The molecule has 24 heteroatoms. The summed E-state index contributed by atoms with van der Waals surface area (Å²) in [5.41, 5.74) is 11.3. The Morgan fingerprint density at radius 1 is 1.07 bits per heavy atom. The van der Waals surface area contributed by atoms with Gasteiger partial charge in [-0.25, -0.2) is 15.0 Å². The molecule has 0 aliphatic carbocycles. The van der Waals surface area contributed by atoms with Gasteiger partial charge in [0, 0.05) is 11.8 Å². The van der Waals surface area contributed by atoms with Crippen molar-refractivity contribution in [2.24, 2.45) is 5.73 Å². The number of nitrogen functional groups attached to an aromatic ring is 1. The van der Waals surface area contributed by atoms with Crippen molar-refractivity contribution >= 4 is 38.3 Å². The molecule has 45 heavy (non-hydrogen) atoms. The number of aromatic nitrogens is 4. The Morgan fingerprint density at radius 3 is 2.42 bits per heavy atom. The van der Waals surface area contributed by atoms with Gasteiger partial charge < -0.3 is 70.6 Å². The fourth-order valence-electron chi connectivity index (χ4n) is 5.21. The van der Waals surface area contributed by atoms with Gasteiger partial charge in [-0.1, -0.05) is 0 Å². The summed E-state index contributed by atoms with van der Waals surface area (Å²) in [6, 6.07) is 0. The predicted octanol–water partition coefficient (Wildman–Crippen LogP) is -4.74. The molecule has 0 radical (unpaired) electrons. The Balaban J connectivity index is 1.35. The summed E-state index contributed by atoms with van der Waals surface area (Å²) in [7, 11) is -11.4. The highest BCUT2D eigenvalue weighted by Crippen LogP contribution is 2.57. The summed E-state index contributed by atoms with van der Waals surface area (Å²) in [5.74, 6) is -3.57. The molecule has 11 N–H and O–H groups in total. The van der Waals surface area contributed by atoms with E-state index < -0.39 is 89.1 Å². The molecule has 5 heterocycles. The van der Waals surface area contributed by atoms with Crippen molar-refractivity contribution in [3.63, 3.8) is 0 Å². The van der Waals surface area contributed by atoms with E-state index in [0.29, 0.717) is 0 Å². The van der Waals surface area contributed by atoms with Crippen molar-refractivity contribution in [3.05, 3.63) is 24.4 Å². The minimum absolute atomic E-state index is 0.00707. The van der Waals surface area contributed by atoms with Gasteiger partial charge in [0.25, 0.3) is 7.82 Å². The number of anilines is 1. The van der Waals surface area contributed by atoms with Gasteiger partial charge in [0.05, 0.1) is 12.9 Å². The number of phosphoric ester groups is 1. The van der Waals surface area contributed by atoms with E-state index in [0.717, 1.165) is 17.4 Å². The van der Waals surface area contributed by atoms with Crippen molar-refractivity contribution in [3.8, 4) is 0 Å². The van der Waals surface area contributed by atoms with Gasteiger partial charge in [0.1, 0.15) is 54.7 Å². The maximum atomic E-state index is 13.4. The highest BCUT2D eigenvalue weighted by molar-refractivity contribution is 7.54.